The molecule has 0 unspecified atom stereocenters. The van der Waals surface area contributed by atoms with Crippen molar-refractivity contribution in [1.82, 2.24) is 5.32 Å². The number of rotatable bonds is 5. The summed E-state index contributed by atoms with van der Waals surface area (Å²) in [5.41, 5.74) is 3.36. The number of nitrogens with one attached hydrogen (secondary N) is 2. The Balaban J connectivity index is 1.45. The molecule has 1 aliphatic heterocycles. The minimum atomic E-state index is -0.275. The normalized spacial score (nSPS) is 11.8. The summed E-state index contributed by atoms with van der Waals surface area (Å²) < 4.78 is 10.7. The zero-order valence-electron chi connectivity index (χ0n) is 15.9. The largest absolute Gasteiger partial charge is 0.454 e. The average molecular weight is 388 g/mol. The molecule has 6 nitrogen and oxygen atoms in total. The van der Waals surface area contributed by atoms with Gasteiger partial charge in [-0.25, -0.2) is 0 Å². The van der Waals surface area contributed by atoms with Gasteiger partial charge in [0.2, 0.25) is 6.79 Å². The highest BCUT2D eigenvalue weighted by Crippen LogP contribution is 2.32. The SMILES string of the molecule is Cc1ccc(C(=O)Nc2ccccc2C(=O)NCc2ccc3c(c2)OCO3)cc1. The Labute approximate surface area is 168 Å². The number of aryl methyl sites for hydroxylation is 1. The van der Waals surface area contributed by atoms with Crippen LogP contribution in [0, 0.1) is 6.92 Å². The van der Waals surface area contributed by atoms with Crippen molar-refractivity contribution in [2.24, 2.45) is 0 Å². The Bertz CT molecular complexity index is 1060. The zero-order valence-corrected chi connectivity index (χ0v) is 15.9. The van der Waals surface area contributed by atoms with Crippen LogP contribution in [0.1, 0.15) is 31.8 Å². The van der Waals surface area contributed by atoms with E-state index < -0.39 is 0 Å². The molecule has 0 saturated carbocycles. The first-order valence-electron chi connectivity index (χ1n) is 9.24. The number of carbonyl (C=O) groups is 2. The third-order valence-corrected chi connectivity index (χ3v) is 4.62. The molecule has 2 amide bonds. The topological polar surface area (TPSA) is 76.7 Å². The van der Waals surface area contributed by atoms with Crippen LogP contribution in [-0.2, 0) is 6.54 Å². The second kappa shape index (κ2) is 8.06. The van der Waals surface area contributed by atoms with E-state index in [9.17, 15) is 9.59 Å². The van der Waals surface area contributed by atoms with Crippen molar-refractivity contribution >= 4 is 17.5 Å². The third kappa shape index (κ3) is 4.21. The van der Waals surface area contributed by atoms with Gasteiger partial charge < -0.3 is 20.1 Å². The first kappa shape index (κ1) is 18.6. The Hall–Kier alpha value is -3.80. The number of fused-ring (bicyclic) bond motifs is 1. The second-order valence-electron chi connectivity index (χ2n) is 6.74. The van der Waals surface area contributed by atoms with Gasteiger partial charge in [-0.05, 0) is 48.9 Å². The highest BCUT2D eigenvalue weighted by molar-refractivity contribution is 6.09. The van der Waals surface area contributed by atoms with Gasteiger partial charge in [0, 0.05) is 12.1 Å². The third-order valence-electron chi connectivity index (χ3n) is 4.62. The summed E-state index contributed by atoms with van der Waals surface area (Å²) in [6, 6.07) is 19.7. The summed E-state index contributed by atoms with van der Waals surface area (Å²) in [6.45, 7) is 2.50. The van der Waals surface area contributed by atoms with Crippen molar-refractivity contribution in [1.29, 1.82) is 0 Å². The van der Waals surface area contributed by atoms with Gasteiger partial charge in [-0.15, -0.1) is 0 Å². The van der Waals surface area contributed by atoms with Crippen LogP contribution in [0.25, 0.3) is 0 Å². The van der Waals surface area contributed by atoms with Crippen molar-refractivity contribution in [2.45, 2.75) is 13.5 Å². The van der Waals surface area contributed by atoms with Crippen molar-refractivity contribution in [3.63, 3.8) is 0 Å². The number of hydrogen-bond acceptors (Lipinski definition) is 4. The van der Waals surface area contributed by atoms with Gasteiger partial charge in [0.05, 0.1) is 11.3 Å². The number of anilines is 1. The van der Waals surface area contributed by atoms with Crippen LogP contribution in [0.4, 0.5) is 5.69 Å². The molecule has 4 rings (SSSR count). The van der Waals surface area contributed by atoms with Crippen LogP contribution in [0.15, 0.2) is 66.7 Å². The van der Waals surface area contributed by atoms with E-state index in [0.717, 1.165) is 11.1 Å². The summed E-state index contributed by atoms with van der Waals surface area (Å²) in [5, 5.41) is 5.70. The average Bonchev–Trinajstić information content (AvgIpc) is 3.21. The van der Waals surface area contributed by atoms with Gasteiger partial charge in [0.15, 0.2) is 11.5 Å². The molecule has 0 fully saturated rings. The summed E-state index contributed by atoms with van der Waals surface area (Å²) in [6.07, 6.45) is 0. The minimum absolute atomic E-state index is 0.208. The highest BCUT2D eigenvalue weighted by atomic mass is 16.7. The molecule has 29 heavy (non-hydrogen) atoms. The van der Waals surface area contributed by atoms with Crippen LogP contribution in [-0.4, -0.2) is 18.6 Å². The number of carbonyl (C=O) groups excluding carboxylic acids is 2. The molecular formula is C23H20N2O4. The molecule has 0 aliphatic carbocycles. The fraction of sp³-hybridized carbons (Fsp3) is 0.130. The number of para-hydroxylation sites is 1. The van der Waals surface area contributed by atoms with E-state index in [1.54, 1.807) is 36.4 Å². The summed E-state index contributed by atoms with van der Waals surface area (Å²) in [7, 11) is 0. The Kier molecular flexibility index (Phi) is 5.16. The molecule has 0 aromatic heterocycles. The molecular weight excluding hydrogens is 368 g/mol. The Morgan fingerprint density at radius 1 is 0.897 bits per heavy atom. The predicted molar refractivity (Wildman–Crippen MR) is 109 cm³/mol. The lowest BCUT2D eigenvalue weighted by Crippen LogP contribution is -2.24. The maximum Gasteiger partial charge on any atom is 0.255 e. The molecule has 3 aromatic rings. The van der Waals surface area contributed by atoms with Gasteiger partial charge in [-0.3, -0.25) is 9.59 Å². The van der Waals surface area contributed by atoms with E-state index in [2.05, 4.69) is 10.6 Å². The van der Waals surface area contributed by atoms with E-state index in [1.165, 1.54) is 0 Å². The fourth-order valence-corrected chi connectivity index (χ4v) is 3.02. The number of ether oxygens (including phenoxy) is 2. The van der Waals surface area contributed by atoms with Crippen molar-refractivity contribution in [2.75, 3.05) is 12.1 Å². The molecule has 6 heteroatoms. The second-order valence-corrected chi connectivity index (χ2v) is 6.74. The molecule has 1 heterocycles. The summed E-state index contributed by atoms with van der Waals surface area (Å²) >= 11 is 0. The summed E-state index contributed by atoms with van der Waals surface area (Å²) in [5.74, 6) is 0.829. The molecule has 0 atom stereocenters. The minimum Gasteiger partial charge on any atom is -0.454 e. The standard InChI is InChI=1S/C23H20N2O4/c1-15-6-9-17(10-7-15)22(26)25-19-5-3-2-4-18(19)23(27)24-13-16-8-11-20-21(12-16)29-14-28-20/h2-12H,13-14H2,1H3,(H,24,27)(H,25,26). The lowest BCUT2D eigenvalue weighted by molar-refractivity contribution is 0.0951. The predicted octanol–water partition coefficient (Wildman–Crippen LogP) is 3.91. The van der Waals surface area contributed by atoms with Gasteiger partial charge in [-0.1, -0.05) is 35.9 Å². The lowest BCUT2D eigenvalue weighted by Gasteiger charge is -2.12. The molecule has 0 bridgehead atoms. The van der Waals surface area contributed by atoms with Crippen LogP contribution in [0.2, 0.25) is 0 Å². The lowest BCUT2D eigenvalue weighted by atomic mass is 10.1. The first-order valence-corrected chi connectivity index (χ1v) is 9.24. The molecule has 0 spiro atoms. The number of amides is 2. The molecule has 1 aliphatic rings. The number of hydrogen-bond donors (Lipinski definition) is 2. The van der Waals surface area contributed by atoms with Crippen molar-refractivity contribution in [3.8, 4) is 11.5 Å². The molecule has 0 saturated heterocycles. The Morgan fingerprint density at radius 3 is 2.48 bits per heavy atom. The van der Waals surface area contributed by atoms with E-state index in [4.69, 9.17) is 9.47 Å². The van der Waals surface area contributed by atoms with Crippen LogP contribution in [0.5, 0.6) is 11.5 Å². The fourth-order valence-electron chi connectivity index (χ4n) is 3.02. The van der Waals surface area contributed by atoms with Crippen LogP contribution in [0.3, 0.4) is 0 Å². The Morgan fingerprint density at radius 2 is 1.66 bits per heavy atom. The van der Waals surface area contributed by atoms with Gasteiger partial charge >= 0.3 is 0 Å². The maximum absolute atomic E-state index is 12.7. The van der Waals surface area contributed by atoms with Crippen LogP contribution >= 0.6 is 0 Å². The molecule has 146 valence electrons. The zero-order chi connectivity index (χ0) is 20.2. The van der Waals surface area contributed by atoms with Gasteiger partial charge in [0.1, 0.15) is 0 Å². The van der Waals surface area contributed by atoms with Gasteiger partial charge in [-0.2, -0.15) is 0 Å². The van der Waals surface area contributed by atoms with Crippen molar-refractivity contribution < 1.29 is 19.1 Å². The molecule has 2 N–H and O–H groups in total. The van der Waals surface area contributed by atoms with E-state index >= 15 is 0 Å². The quantitative estimate of drug-likeness (QED) is 0.695. The van der Waals surface area contributed by atoms with E-state index in [0.29, 0.717) is 34.9 Å². The smallest absolute Gasteiger partial charge is 0.255 e. The van der Waals surface area contributed by atoms with E-state index in [1.807, 2.05) is 37.3 Å². The summed E-state index contributed by atoms with van der Waals surface area (Å²) in [4.78, 5) is 25.2. The maximum atomic E-state index is 12.7. The van der Waals surface area contributed by atoms with Gasteiger partial charge in [0.25, 0.3) is 11.8 Å². The van der Waals surface area contributed by atoms with Crippen LogP contribution < -0.4 is 20.1 Å². The van der Waals surface area contributed by atoms with Crippen molar-refractivity contribution in [3.05, 3.63) is 89.0 Å². The molecule has 0 radical (unpaired) electrons. The number of benzene rings is 3. The monoisotopic (exact) mass is 388 g/mol. The molecule has 3 aromatic carbocycles. The highest BCUT2D eigenvalue weighted by Gasteiger charge is 2.16. The first-order chi connectivity index (χ1) is 14.1. The van der Waals surface area contributed by atoms with E-state index in [-0.39, 0.29) is 18.6 Å².